The average molecular weight is 285 g/mol. The van der Waals surface area contributed by atoms with Crippen LogP contribution in [-0.2, 0) is 14.3 Å². The fraction of sp³-hybridized carbons (Fsp3) is 0.938. The Bertz CT molecular complexity index is 281. The van der Waals surface area contributed by atoms with Crippen molar-refractivity contribution in [3.63, 3.8) is 0 Å². The first kappa shape index (κ1) is 17.4. The van der Waals surface area contributed by atoms with Crippen LogP contribution in [0.3, 0.4) is 0 Å². The van der Waals surface area contributed by atoms with E-state index >= 15 is 0 Å². The van der Waals surface area contributed by atoms with Crippen LogP contribution in [0.1, 0.15) is 59.8 Å². The highest BCUT2D eigenvalue weighted by molar-refractivity contribution is 5.75. The molecule has 0 bridgehead atoms. The number of hydrogen-bond donors (Lipinski definition) is 1. The van der Waals surface area contributed by atoms with E-state index in [0.717, 1.165) is 18.8 Å². The van der Waals surface area contributed by atoms with Crippen molar-refractivity contribution < 1.29 is 14.3 Å². The summed E-state index contributed by atoms with van der Waals surface area (Å²) in [7, 11) is 0. The number of rotatable bonds is 8. The van der Waals surface area contributed by atoms with Gasteiger partial charge in [-0.1, -0.05) is 33.6 Å². The summed E-state index contributed by atoms with van der Waals surface area (Å²) in [6.07, 6.45) is 5.95. The summed E-state index contributed by atoms with van der Waals surface area (Å²) in [5.74, 6) is 0.602. The highest BCUT2D eigenvalue weighted by Crippen LogP contribution is 2.25. The molecule has 0 saturated heterocycles. The maximum atomic E-state index is 11.9. The Morgan fingerprint density at radius 2 is 2.10 bits per heavy atom. The third-order valence-electron chi connectivity index (χ3n) is 3.75. The molecular weight excluding hydrogens is 254 g/mol. The van der Waals surface area contributed by atoms with Crippen LogP contribution >= 0.6 is 0 Å². The standard InChI is InChI=1S/C16H31NO3/c1-5-19-16(18)15(17-12(2)3)9-10-20-14-8-6-7-13(4)11-14/h12-15,17H,5-11H2,1-4H3. The topological polar surface area (TPSA) is 47.6 Å². The van der Waals surface area contributed by atoms with E-state index in [1.165, 1.54) is 12.8 Å². The fourth-order valence-corrected chi connectivity index (χ4v) is 2.80. The van der Waals surface area contributed by atoms with Crippen molar-refractivity contribution in [2.75, 3.05) is 13.2 Å². The van der Waals surface area contributed by atoms with Crippen molar-refractivity contribution in [1.29, 1.82) is 0 Å². The highest BCUT2D eigenvalue weighted by Gasteiger charge is 2.23. The molecule has 0 heterocycles. The Morgan fingerprint density at radius 1 is 1.35 bits per heavy atom. The minimum Gasteiger partial charge on any atom is -0.465 e. The summed E-state index contributed by atoms with van der Waals surface area (Å²) >= 11 is 0. The van der Waals surface area contributed by atoms with E-state index in [0.29, 0.717) is 25.7 Å². The SMILES string of the molecule is CCOC(=O)C(CCOC1CCCC(C)C1)NC(C)C. The van der Waals surface area contributed by atoms with Crippen LogP contribution in [0.25, 0.3) is 0 Å². The lowest BCUT2D eigenvalue weighted by molar-refractivity contribution is -0.146. The molecule has 0 aliphatic heterocycles. The lowest BCUT2D eigenvalue weighted by Gasteiger charge is -2.27. The molecule has 0 radical (unpaired) electrons. The largest absolute Gasteiger partial charge is 0.465 e. The summed E-state index contributed by atoms with van der Waals surface area (Å²) in [5, 5.41) is 3.26. The van der Waals surface area contributed by atoms with E-state index in [2.05, 4.69) is 12.2 Å². The molecule has 1 fully saturated rings. The summed E-state index contributed by atoms with van der Waals surface area (Å²) in [5.41, 5.74) is 0. The second-order valence-electron chi connectivity index (χ2n) is 6.18. The predicted molar refractivity (Wildman–Crippen MR) is 80.7 cm³/mol. The molecular formula is C16H31NO3. The molecule has 1 saturated carbocycles. The normalized spacial score (nSPS) is 24.6. The van der Waals surface area contributed by atoms with Crippen LogP contribution in [0.2, 0.25) is 0 Å². The van der Waals surface area contributed by atoms with E-state index in [9.17, 15) is 4.79 Å². The van der Waals surface area contributed by atoms with Crippen LogP contribution < -0.4 is 5.32 Å². The van der Waals surface area contributed by atoms with E-state index < -0.39 is 0 Å². The predicted octanol–water partition coefficient (Wildman–Crippen LogP) is 2.90. The second-order valence-corrected chi connectivity index (χ2v) is 6.18. The van der Waals surface area contributed by atoms with Crippen LogP contribution in [0.4, 0.5) is 0 Å². The van der Waals surface area contributed by atoms with Crippen molar-refractivity contribution in [2.24, 2.45) is 5.92 Å². The fourth-order valence-electron chi connectivity index (χ4n) is 2.80. The van der Waals surface area contributed by atoms with E-state index in [-0.39, 0.29) is 18.1 Å². The van der Waals surface area contributed by atoms with Crippen molar-refractivity contribution in [2.45, 2.75) is 78.0 Å². The third kappa shape index (κ3) is 6.71. The smallest absolute Gasteiger partial charge is 0.323 e. The number of ether oxygens (including phenoxy) is 2. The monoisotopic (exact) mass is 285 g/mol. The minimum atomic E-state index is -0.254. The van der Waals surface area contributed by atoms with E-state index in [1.807, 2.05) is 20.8 Å². The highest BCUT2D eigenvalue weighted by atomic mass is 16.5. The third-order valence-corrected chi connectivity index (χ3v) is 3.75. The number of nitrogens with one attached hydrogen (secondary N) is 1. The van der Waals surface area contributed by atoms with Gasteiger partial charge in [0, 0.05) is 12.6 Å². The van der Waals surface area contributed by atoms with Crippen molar-refractivity contribution in [1.82, 2.24) is 5.32 Å². The maximum absolute atomic E-state index is 11.9. The molecule has 20 heavy (non-hydrogen) atoms. The van der Waals surface area contributed by atoms with Crippen LogP contribution in [0.15, 0.2) is 0 Å². The minimum absolute atomic E-state index is 0.165. The number of esters is 1. The van der Waals surface area contributed by atoms with Gasteiger partial charge in [-0.3, -0.25) is 4.79 Å². The molecule has 0 aromatic rings. The first-order valence-electron chi connectivity index (χ1n) is 8.07. The molecule has 0 aromatic carbocycles. The molecule has 3 unspecified atom stereocenters. The molecule has 4 nitrogen and oxygen atoms in total. The molecule has 1 aliphatic rings. The van der Waals surface area contributed by atoms with E-state index in [1.54, 1.807) is 0 Å². The Balaban J connectivity index is 2.31. The molecule has 0 spiro atoms. The first-order chi connectivity index (χ1) is 9.52. The Morgan fingerprint density at radius 3 is 2.70 bits per heavy atom. The van der Waals surface area contributed by atoms with E-state index in [4.69, 9.17) is 9.47 Å². The summed E-state index contributed by atoms with van der Waals surface area (Å²) in [6, 6.07) is 0.00933. The van der Waals surface area contributed by atoms with Gasteiger partial charge in [0.15, 0.2) is 0 Å². The maximum Gasteiger partial charge on any atom is 0.323 e. The molecule has 1 N–H and O–H groups in total. The van der Waals surface area contributed by atoms with Crippen LogP contribution in [0, 0.1) is 5.92 Å². The quantitative estimate of drug-likeness (QED) is 0.697. The molecule has 4 heteroatoms. The van der Waals surface area contributed by atoms with Crippen molar-refractivity contribution in [3.8, 4) is 0 Å². The lowest BCUT2D eigenvalue weighted by atomic mass is 9.89. The zero-order chi connectivity index (χ0) is 15.0. The molecule has 118 valence electrons. The van der Waals surface area contributed by atoms with Gasteiger partial charge in [0.2, 0.25) is 0 Å². The molecule has 1 aliphatic carbocycles. The van der Waals surface area contributed by atoms with Gasteiger partial charge in [-0.2, -0.15) is 0 Å². The van der Waals surface area contributed by atoms with Gasteiger partial charge in [-0.15, -0.1) is 0 Å². The van der Waals surface area contributed by atoms with Crippen molar-refractivity contribution >= 4 is 5.97 Å². The number of hydrogen-bond acceptors (Lipinski definition) is 4. The van der Waals surface area contributed by atoms with Crippen molar-refractivity contribution in [3.05, 3.63) is 0 Å². The Hall–Kier alpha value is -0.610. The molecule has 0 aromatic heterocycles. The molecule has 3 atom stereocenters. The zero-order valence-electron chi connectivity index (χ0n) is 13.5. The number of carbonyl (C=O) groups is 1. The van der Waals surface area contributed by atoms with Gasteiger partial charge in [-0.05, 0) is 32.1 Å². The van der Waals surface area contributed by atoms with Gasteiger partial charge in [0.25, 0.3) is 0 Å². The van der Waals surface area contributed by atoms with Gasteiger partial charge >= 0.3 is 5.97 Å². The zero-order valence-corrected chi connectivity index (χ0v) is 13.5. The second kappa shape index (κ2) is 9.35. The van der Waals surface area contributed by atoms with Gasteiger partial charge < -0.3 is 14.8 Å². The molecule has 0 amide bonds. The lowest BCUT2D eigenvalue weighted by Crippen LogP contribution is -2.43. The van der Waals surface area contributed by atoms with Gasteiger partial charge in [-0.25, -0.2) is 0 Å². The van der Waals surface area contributed by atoms with Gasteiger partial charge in [0.05, 0.1) is 12.7 Å². The number of carbonyl (C=O) groups excluding carboxylic acids is 1. The summed E-state index contributed by atoms with van der Waals surface area (Å²) in [6.45, 7) is 9.25. The Labute approximate surface area is 123 Å². The average Bonchev–Trinajstić information content (AvgIpc) is 2.37. The van der Waals surface area contributed by atoms with Crippen LogP contribution in [0.5, 0.6) is 0 Å². The first-order valence-corrected chi connectivity index (χ1v) is 8.07. The van der Waals surface area contributed by atoms with Gasteiger partial charge in [0.1, 0.15) is 6.04 Å². The summed E-state index contributed by atoms with van der Waals surface area (Å²) in [4.78, 5) is 11.9. The summed E-state index contributed by atoms with van der Waals surface area (Å²) < 4.78 is 11.1. The van der Waals surface area contributed by atoms with Crippen LogP contribution in [-0.4, -0.2) is 37.4 Å². The Kier molecular flexibility index (Phi) is 8.15. The molecule has 1 rings (SSSR count).